The molecular formula is C22H33N3O4. The molecule has 0 bridgehead atoms. The lowest BCUT2D eigenvalue weighted by Crippen LogP contribution is -2.49. The summed E-state index contributed by atoms with van der Waals surface area (Å²) in [4.78, 5) is 16.6. The fraction of sp³-hybridized carbons (Fsp3) is 0.591. The molecule has 0 amide bonds. The number of hydrogen-bond donors (Lipinski definition) is 2. The van der Waals surface area contributed by atoms with Gasteiger partial charge in [-0.2, -0.15) is 0 Å². The van der Waals surface area contributed by atoms with Crippen molar-refractivity contribution >= 4 is 16.7 Å². The van der Waals surface area contributed by atoms with Crippen LogP contribution >= 0.6 is 0 Å². The molecule has 1 atom stereocenters. The summed E-state index contributed by atoms with van der Waals surface area (Å²) in [5, 5.41) is 20.3. The lowest BCUT2D eigenvalue weighted by Gasteiger charge is -2.35. The van der Waals surface area contributed by atoms with Crippen LogP contribution in [0.2, 0.25) is 0 Å². The maximum atomic E-state index is 12.2. The number of ether oxygens (including phenoxy) is 1. The Morgan fingerprint density at radius 2 is 1.90 bits per heavy atom. The predicted octanol–water partition coefficient (Wildman–Crippen LogP) is 1.52. The van der Waals surface area contributed by atoms with Gasteiger partial charge in [-0.25, -0.2) is 0 Å². The number of benzene rings is 1. The second kappa shape index (κ2) is 9.71. The highest BCUT2D eigenvalue weighted by Crippen LogP contribution is 2.30. The van der Waals surface area contributed by atoms with Gasteiger partial charge < -0.3 is 19.5 Å². The lowest BCUT2D eigenvalue weighted by molar-refractivity contribution is 0.0429. The molecule has 7 heteroatoms. The molecule has 29 heavy (non-hydrogen) atoms. The van der Waals surface area contributed by atoms with Crippen LogP contribution in [0, 0.1) is 6.92 Å². The summed E-state index contributed by atoms with van der Waals surface area (Å²) in [7, 11) is 0. The van der Waals surface area contributed by atoms with Crippen molar-refractivity contribution in [2.24, 2.45) is 0 Å². The minimum Gasteiger partial charge on any atom is -0.491 e. The molecule has 2 aromatic rings. The first-order valence-corrected chi connectivity index (χ1v) is 10.4. The summed E-state index contributed by atoms with van der Waals surface area (Å²) in [6.07, 6.45) is -0.579. The maximum Gasteiger partial charge on any atom is 0.162 e. The zero-order valence-electron chi connectivity index (χ0n) is 17.7. The van der Waals surface area contributed by atoms with Gasteiger partial charge >= 0.3 is 0 Å². The topological polar surface area (TPSA) is 78.2 Å². The molecule has 7 nitrogen and oxygen atoms in total. The van der Waals surface area contributed by atoms with Gasteiger partial charge in [-0.05, 0) is 39.0 Å². The summed E-state index contributed by atoms with van der Waals surface area (Å²) in [5.74, 6) is 0.720. The summed E-state index contributed by atoms with van der Waals surface area (Å²) >= 11 is 0. The van der Waals surface area contributed by atoms with E-state index >= 15 is 0 Å². The number of piperazine rings is 1. The molecule has 1 aromatic carbocycles. The Morgan fingerprint density at radius 1 is 1.21 bits per heavy atom. The zero-order chi connectivity index (χ0) is 21.0. The minimum atomic E-state index is -0.579. The summed E-state index contributed by atoms with van der Waals surface area (Å²) in [6, 6.07) is 5.80. The number of fused-ring (bicyclic) bond motifs is 1. The molecule has 1 aliphatic heterocycles. The average molecular weight is 404 g/mol. The molecule has 0 aliphatic carbocycles. The number of β-amino-alcohol motifs (C(OH)–C–C–N with tert-alkyl or cyclic N) is 2. The average Bonchev–Trinajstić information content (AvgIpc) is 2.98. The van der Waals surface area contributed by atoms with Gasteiger partial charge in [-0.15, -0.1) is 0 Å². The zero-order valence-corrected chi connectivity index (χ0v) is 17.7. The van der Waals surface area contributed by atoms with Crippen LogP contribution in [0.3, 0.4) is 0 Å². The summed E-state index contributed by atoms with van der Waals surface area (Å²) < 4.78 is 7.99. The van der Waals surface area contributed by atoms with Gasteiger partial charge in [0.05, 0.1) is 6.61 Å². The number of hydrogen-bond acceptors (Lipinski definition) is 6. The molecular weight excluding hydrogens is 370 g/mol. The van der Waals surface area contributed by atoms with E-state index in [2.05, 4.69) is 21.3 Å². The summed E-state index contributed by atoms with van der Waals surface area (Å²) in [5.41, 5.74) is 2.75. The number of ketones is 1. The van der Waals surface area contributed by atoms with Crippen molar-refractivity contribution in [3.63, 3.8) is 0 Å². The fourth-order valence-corrected chi connectivity index (χ4v) is 4.28. The lowest BCUT2D eigenvalue weighted by atomic mass is 10.1. The predicted molar refractivity (Wildman–Crippen MR) is 114 cm³/mol. The molecule has 0 unspecified atom stereocenters. The van der Waals surface area contributed by atoms with Crippen molar-refractivity contribution in [2.75, 3.05) is 52.5 Å². The van der Waals surface area contributed by atoms with Crippen molar-refractivity contribution in [1.29, 1.82) is 0 Å². The molecule has 2 N–H and O–H groups in total. The second-order valence-electron chi connectivity index (χ2n) is 7.77. The number of carbonyl (C=O) groups excluding carboxylic acids is 1. The smallest absolute Gasteiger partial charge is 0.162 e. The Balaban J connectivity index is 1.60. The highest BCUT2D eigenvalue weighted by molar-refractivity contribution is 6.08. The van der Waals surface area contributed by atoms with Crippen molar-refractivity contribution < 1.29 is 19.7 Å². The van der Waals surface area contributed by atoms with Crippen LogP contribution in [-0.2, 0) is 6.54 Å². The van der Waals surface area contributed by atoms with E-state index in [1.165, 1.54) is 0 Å². The van der Waals surface area contributed by atoms with Crippen molar-refractivity contribution in [3.05, 3.63) is 29.5 Å². The van der Waals surface area contributed by atoms with Crippen molar-refractivity contribution in [3.8, 4) is 5.75 Å². The van der Waals surface area contributed by atoms with E-state index in [0.29, 0.717) is 18.8 Å². The first kappa shape index (κ1) is 21.8. The Bertz CT molecular complexity index is 840. The number of carbonyl (C=O) groups is 1. The molecule has 1 fully saturated rings. The van der Waals surface area contributed by atoms with Crippen molar-refractivity contribution in [2.45, 2.75) is 33.4 Å². The Hall–Kier alpha value is -1.93. The number of aryl methyl sites for hydroxylation is 1. The first-order valence-electron chi connectivity index (χ1n) is 10.4. The summed E-state index contributed by atoms with van der Waals surface area (Å²) in [6.45, 7) is 11.7. The fourth-order valence-electron chi connectivity index (χ4n) is 4.28. The maximum absolute atomic E-state index is 12.2. The van der Waals surface area contributed by atoms with Gasteiger partial charge in [0.25, 0.3) is 0 Å². The third-order valence-corrected chi connectivity index (χ3v) is 5.76. The number of aliphatic hydroxyl groups excluding tert-OH is 2. The second-order valence-corrected chi connectivity index (χ2v) is 7.77. The normalized spacial score (nSPS) is 17.0. The number of aromatic nitrogens is 1. The molecule has 1 aromatic heterocycles. The van der Waals surface area contributed by atoms with E-state index in [0.717, 1.165) is 54.9 Å². The third-order valence-electron chi connectivity index (χ3n) is 5.76. The van der Waals surface area contributed by atoms with Crippen LogP contribution in [0.25, 0.3) is 10.9 Å². The van der Waals surface area contributed by atoms with E-state index in [1.807, 2.05) is 25.1 Å². The quantitative estimate of drug-likeness (QED) is 0.618. The highest BCUT2D eigenvalue weighted by atomic mass is 16.5. The molecule has 2 heterocycles. The highest BCUT2D eigenvalue weighted by Gasteiger charge is 2.20. The van der Waals surface area contributed by atoms with Gasteiger partial charge in [-0.1, -0.05) is 0 Å². The Labute approximate surface area is 172 Å². The van der Waals surface area contributed by atoms with Crippen LogP contribution in [0.15, 0.2) is 18.2 Å². The molecule has 1 aliphatic rings. The number of aliphatic hydroxyl groups is 2. The van der Waals surface area contributed by atoms with Crippen LogP contribution in [-0.4, -0.2) is 88.9 Å². The molecule has 0 saturated carbocycles. The SMILES string of the molecule is CCn1c(C)c(C(C)=O)c2cc(OC[C@@H](O)CN3CCN(CCO)CC3)ccc21. The van der Waals surface area contributed by atoms with Crippen LogP contribution in [0.4, 0.5) is 0 Å². The molecule has 0 radical (unpaired) electrons. The van der Waals surface area contributed by atoms with Crippen LogP contribution in [0.5, 0.6) is 5.75 Å². The van der Waals surface area contributed by atoms with E-state index in [9.17, 15) is 9.90 Å². The van der Waals surface area contributed by atoms with E-state index in [1.54, 1.807) is 6.92 Å². The third kappa shape index (κ3) is 4.98. The minimum absolute atomic E-state index is 0.0530. The van der Waals surface area contributed by atoms with E-state index in [4.69, 9.17) is 9.84 Å². The number of Topliss-reactive ketones (excluding diaryl/α,β-unsaturated/α-hetero) is 1. The van der Waals surface area contributed by atoms with Gasteiger partial charge in [0.1, 0.15) is 18.5 Å². The number of rotatable bonds is 9. The van der Waals surface area contributed by atoms with Crippen molar-refractivity contribution in [1.82, 2.24) is 14.4 Å². The molecule has 1 saturated heterocycles. The van der Waals surface area contributed by atoms with E-state index in [-0.39, 0.29) is 19.0 Å². The molecule has 160 valence electrons. The van der Waals surface area contributed by atoms with Gasteiger partial charge in [0.15, 0.2) is 5.78 Å². The standard InChI is InChI=1S/C22H33N3O4/c1-4-25-16(2)22(17(3)27)20-13-19(5-6-21(20)25)29-15-18(28)14-24-9-7-23(8-10-24)11-12-26/h5-6,13,18,26,28H,4,7-12,14-15H2,1-3H3/t18-/m0/s1. The largest absolute Gasteiger partial charge is 0.491 e. The Morgan fingerprint density at radius 3 is 2.52 bits per heavy atom. The van der Waals surface area contributed by atoms with Gasteiger partial charge in [0, 0.05) is 68.0 Å². The number of nitrogens with zero attached hydrogens (tertiary/aromatic N) is 3. The van der Waals surface area contributed by atoms with Crippen LogP contribution < -0.4 is 4.74 Å². The van der Waals surface area contributed by atoms with Gasteiger partial charge in [-0.3, -0.25) is 14.6 Å². The van der Waals surface area contributed by atoms with Crippen LogP contribution in [0.1, 0.15) is 29.9 Å². The van der Waals surface area contributed by atoms with Gasteiger partial charge in [0.2, 0.25) is 0 Å². The Kier molecular flexibility index (Phi) is 7.29. The molecule has 3 rings (SSSR count). The molecule has 0 spiro atoms. The first-order chi connectivity index (χ1) is 13.9. The monoisotopic (exact) mass is 403 g/mol. The van der Waals surface area contributed by atoms with E-state index < -0.39 is 6.10 Å².